The van der Waals surface area contributed by atoms with Gasteiger partial charge in [-0.05, 0) is 13.8 Å². The van der Waals surface area contributed by atoms with Crippen LogP contribution in [0.25, 0.3) is 0 Å². The van der Waals surface area contributed by atoms with Gasteiger partial charge in [0.2, 0.25) is 0 Å². The van der Waals surface area contributed by atoms with Gasteiger partial charge < -0.3 is 14.5 Å². The Balaban J connectivity index is 2.70. The van der Waals surface area contributed by atoms with Gasteiger partial charge in [0.1, 0.15) is 5.82 Å². The van der Waals surface area contributed by atoms with Crippen molar-refractivity contribution < 1.29 is 9.90 Å². The molecule has 72 valence electrons. The molecule has 0 aliphatic heterocycles. The van der Waals surface area contributed by atoms with Gasteiger partial charge in [0.15, 0.2) is 5.16 Å². The molecule has 0 amide bonds. The standard InChI is InChI=1S/C7H11N3O2S/c1-3-10-5(2)8-9-7(10)13-4-6(11)12/h3-4H2,1-2H3,(H,11,12)/p-1. The lowest BCUT2D eigenvalue weighted by atomic mass is 10.6. The summed E-state index contributed by atoms with van der Waals surface area (Å²) < 4.78 is 1.85. The molecule has 1 rings (SSSR count). The number of hydrogen-bond acceptors (Lipinski definition) is 5. The smallest absolute Gasteiger partial charge is 0.191 e. The van der Waals surface area contributed by atoms with Crippen LogP contribution in [-0.2, 0) is 11.3 Å². The molecule has 0 saturated carbocycles. The average Bonchev–Trinajstić information content (AvgIpc) is 2.42. The normalized spacial score (nSPS) is 10.3. The highest BCUT2D eigenvalue weighted by Crippen LogP contribution is 2.15. The van der Waals surface area contributed by atoms with Crippen molar-refractivity contribution in [1.29, 1.82) is 0 Å². The van der Waals surface area contributed by atoms with Crippen LogP contribution in [0.5, 0.6) is 0 Å². The molecule has 1 heterocycles. The van der Waals surface area contributed by atoms with Crippen molar-refractivity contribution in [3.05, 3.63) is 5.82 Å². The van der Waals surface area contributed by atoms with Crippen LogP contribution in [0.3, 0.4) is 0 Å². The van der Waals surface area contributed by atoms with Gasteiger partial charge >= 0.3 is 0 Å². The number of thioether (sulfide) groups is 1. The third kappa shape index (κ3) is 2.45. The fourth-order valence-electron chi connectivity index (χ4n) is 0.956. The second-order valence-electron chi connectivity index (χ2n) is 2.43. The second kappa shape index (κ2) is 4.27. The number of nitrogens with zero attached hydrogens (tertiary/aromatic N) is 3. The molecular weight excluding hydrogens is 190 g/mol. The summed E-state index contributed by atoms with van der Waals surface area (Å²) in [7, 11) is 0. The van der Waals surface area contributed by atoms with Gasteiger partial charge in [0.05, 0.1) is 5.97 Å². The zero-order valence-corrected chi connectivity index (χ0v) is 8.30. The topological polar surface area (TPSA) is 70.8 Å². The molecule has 0 aliphatic carbocycles. The molecule has 6 heteroatoms. The lowest BCUT2D eigenvalue weighted by Crippen LogP contribution is -2.24. The quantitative estimate of drug-likeness (QED) is 0.610. The monoisotopic (exact) mass is 200 g/mol. The van der Waals surface area contributed by atoms with E-state index in [-0.39, 0.29) is 5.75 Å². The Bertz CT molecular complexity index is 311. The summed E-state index contributed by atoms with van der Waals surface area (Å²) in [6.07, 6.45) is 0. The molecule has 5 nitrogen and oxygen atoms in total. The van der Waals surface area contributed by atoms with E-state index >= 15 is 0 Å². The first-order valence-corrected chi connectivity index (χ1v) is 4.86. The Morgan fingerprint density at radius 1 is 1.62 bits per heavy atom. The van der Waals surface area contributed by atoms with E-state index < -0.39 is 5.97 Å². The molecule has 1 aromatic heterocycles. The summed E-state index contributed by atoms with van der Waals surface area (Å²) in [5.74, 6) is -0.380. The largest absolute Gasteiger partial charge is 0.549 e. The van der Waals surface area contributed by atoms with Crippen molar-refractivity contribution >= 4 is 17.7 Å². The van der Waals surface area contributed by atoms with Crippen LogP contribution in [0.4, 0.5) is 0 Å². The second-order valence-corrected chi connectivity index (χ2v) is 3.38. The van der Waals surface area contributed by atoms with E-state index in [0.29, 0.717) is 5.16 Å². The summed E-state index contributed by atoms with van der Waals surface area (Å²) in [4.78, 5) is 10.2. The molecular formula is C7H10N3O2S-. The Morgan fingerprint density at radius 3 is 2.85 bits per heavy atom. The molecule has 0 aliphatic rings. The number of aromatic nitrogens is 3. The SMILES string of the molecule is CCn1c(C)nnc1SCC(=O)[O-]. The van der Waals surface area contributed by atoms with Gasteiger partial charge in [-0.15, -0.1) is 10.2 Å². The molecule has 0 spiro atoms. The molecule has 0 bridgehead atoms. The minimum absolute atomic E-state index is 0.0852. The molecule has 0 fully saturated rings. The number of carbonyl (C=O) groups excluding carboxylic acids is 1. The third-order valence-corrected chi connectivity index (χ3v) is 2.48. The number of aryl methyl sites for hydroxylation is 1. The Morgan fingerprint density at radius 2 is 2.31 bits per heavy atom. The molecule has 0 radical (unpaired) electrons. The van der Waals surface area contributed by atoms with E-state index in [9.17, 15) is 9.90 Å². The summed E-state index contributed by atoms with van der Waals surface area (Å²) in [6, 6.07) is 0. The maximum Gasteiger partial charge on any atom is 0.191 e. The number of carboxylic acids is 1. The van der Waals surface area contributed by atoms with Crippen LogP contribution < -0.4 is 5.11 Å². The van der Waals surface area contributed by atoms with Crippen molar-refractivity contribution in [1.82, 2.24) is 14.8 Å². The number of aliphatic carboxylic acids is 1. The maximum atomic E-state index is 10.2. The highest BCUT2D eigenvalue weighted by molar-refractivity contribution is 7.99. The zero-order chi connectivity index (χ0) is 9.84. The fraction of sp³-hybridized carbons (Fsp3) is 0.571. The lowest BCUT2D eigenvalue weighted by Gasteiger charge is -2.04. The first-order valence-electron chi connectivity index (χ1n) is 3.87. The van der Waals surface area contributed by atoms with Crippen molar-refractivity contribution in [2.45, 2.75) is 25.5 Å². The van der Waals surface area contributed by atoms with E-state index in [0.717, 1.165) is 24.1 Å². The average molecular weight is 200 g/mol. The van der Waals surface area contributed by atoms with Crippen LogP contribution >= 0.6 is 11.8 Å². The van der Waals surface area contributed by atoms with Crippen molar-refractivity contribution in [3.63, 3.8) is 0 Å². The number of carboxylic acid groups (broad SMARTS) is 1. The van der Waals surface area contributed by atoms with Crippen LogP contribution in [0.15, 0.2) is 5.16 Å². The third-order valence-electron chi connectivity index (χ3n) is 1.54. The van der Waals surface area contributed by atoms with E-state index in [1.54, 1.807) is 0 Å². The fourth-order valence-corrected chi connectivity index (χ4v) is 1.72. The molecule has 1 aromatic rings. The number of carbonyl (C=O) groups is 1. The highest BCUT2D eigenvalue weighted by atomic mass is 32.2. The molecule has 0 unspecified atom stereocenters. The summed E-state index contributed by atoms with van der Waals surface area (Å²) in [5.41, 5.74) is 0. The first kappa shape index (κ1) is 10.0. The summed E-state index contributed by atoms with van der Waals surface area (Å²) in [5, 5.41) is 18.5. The summed E-state index contributed by atoms with van der Waals surface area (Å²) in [6.45, 7) is 4.53. The molecule has 0 aromatic carbocycles. The van der Waals surface area contributed by atoms with E-state index in [2.05, 4.69) is 10.2 Å². The van der Waals surface area contributed by atoms with Gasteiger partial charge in [0, 0.05) is 12.3 Å². The minimum atomic E-state index is -1.09. The predicted octanol–water partition coefficient (Wildman–Crippen LogP) is -0.552. The lowest BCUT2D eigenvalue weighted by molar-refractivity contribution is -0.301. The van der Waals surface area contributed by atoms with E-state index in [1.165, 1.54) is 0 Å². The van der Waals surface area contributed by atoms with E-state index in [4.69, 9.17) is 0 Å². The Labute approximate surface area is 80.2 Å². The Kier molecular flexibility index (Phi) is 3.30. The predicted molar refractivity (Wildman–Crippen MR) is 46.2 cm³/mol. The summed E-state index contributed by atoms with van der Waals surface area (Å²) >= 11 is 1.13. The maximum absolute atomic E-state index is 10.2. The van der Waals surface area contributed by atoms with Gasteiger partial charge in [-0.2, -0.15) is 0 Å². The molecule has 0 N–H and O–H groups in total. The van der Waals surface area contributed by atoms with Crippen LogP contribution in [-0.4, -0.2) is 26.5 Å². The first-order chi connectivity index (χ1) is 6.15. The van der Waals surface area contributed by atoms with Crippen molar-refractivity contribution in [2.24, 2.45) is 0 Å². The van der Waals surface area contributed by atoms with Gasteiger partial charge in [-0.25, -0.2) is 0 Å². The minimum Gasteiger partial charge on any atom is -0.549 e. The molecule has 0 saturated heterocycles. The molecule has 0 atom stereocenters. The Hall–Kier alpha value is -1.04. The van der Waals surface area contributed by atoms with Crippen LogP contribution in [0, 0.1) is 6.92 Å². The molecule has 13 heavy (non-hydrogen) atoms. The zero-order valence-electron chi connectivity index (χ0n) is 7.48. The van der Waals surface area contributed by atoms with Crippen LogP contribution in [0.2, 0.25) is 0 Å². The van der Waals surface area contributed by atoms with Gasteiger partial charge in [-0.3, -0.25) is 0 Å². The number of rotatable bonds is 4. The van der Waals surface area contributed by atoms with Gasteiger partial charge in [-0.1, -0.05) is 11.8 Å². The van der Waals surface area contributed by atoms with Gasteiger partial charge in [0.25, 0.3) is 0 Å². The van der Waals surface area contributed by atoms with Crippen molar-refractivity contribution in [2.75, 3.05) is 5.75 Å². The van der Waals surface area contributed by atoms with Crippen LogP contribution in [0.1, 0.15) is 12.7 Å². The van der Waals surface area contributed by atoms with E-state index in [1.807, 2.05) is 18.4 Å². The highest BCUT2D eigenvalue weighted by Gasteiger charge is 2.06. The van der Waals surface area contributed by atoms with Crippen molar-refractivity contribution in [3.8, 4) is 0 Å². The number of hydrogen-bond donors (Lipinski definition) is 0.